The van der Waals surface area contributed by atoms with Crippen LogP contribution < -0.4 is 5.32 Å². The Morgan fingerprint density at radius 2 is 1.77 bits per heavy atom. The number of esters is 1. The summed E-state index contributed by atoms with van der Waals surface area (Å²) >= 11 is 0. The average molecular weight is 293 g/mol. The largest absolute Gasteiger partial charge is 0.467 e. The van der Waals surface area contributed by atoms with Crippen LogP contribution in [-0.4, -0.2) is 23.0 Å². The third-order valence-electron chi connectivity index (χ3n) is 3.39. The summed E-state index contributed by atoms with van der Waals surface area (Å²) in [5.74, 6) is 0.235. The Morgan fingerprint density at radius 1 is 1.05 bits per heavy atom. The lowest BCUT2D eigenvalue weighted by Crippen LogP contribution is -2.23. The second-order valence-electron chi connectivity index (χ2n) is 4.75. The van der Waals surface area contributed by atoms with Crippen LogP contribution >= 0.6 is 0 Å². The number of methoxy groups -OCH3 is 1. The standard InChI is InChI=1S/C17H15N3O2/c1-22-17(21)15(12-7-3-2-4-8-12)20-16-13-9-5-6-10-14(13)18-11-19-16/h2-11,15H,1H3,(H,18,19,20). The highest BCUT2D eigenvalue weighted by Crippen LogP contribution is 2.24. The Kier molecular flexibility index (Phi) is 3.96. The summed E-state index contributed by atoms with van der Waals surface area (Å²) < 4.78 is 4.91. The predicted octanol–water partition coefficient (Wildman–Crippen LogP) is 2.96. The molecule has 1 unspecified atom stereocenters. The molecule has 2 aromatic carbocycles. The monoisotopic (exact) mass is 293 g/mol. The Balaban J connectivity index is 2.01. The van der Waals surface area contributed by atoms with Crippen molar-refractivity contribution in [3.8, 4) is 0 Å². The van der Waals surface area contributed by atoms with Crippen molar-refractivity contribution >= 4 is 22.7 Å². The first-order valence-corrected chi connectivity index (χ1v) is 6.88. The van der Waals surface area contributed by atoms with Crippen molar-refractivity contribution in [2.45, 2.75) is 6.04 Å². The van der Waals surface area contributed by atoms with Crippen LogP contribution in [0.2, 0.25) is 0 Å². The van der Waals surface area contributed by atoms with Crippen LogP contribution in [0, 0.1) is 0 Å². The smallest absolute Gasteiger partial charge is 0.333 e. The van der Waals surface area contributed by atoms with Crippen molar-refractivity contribution in [2.75, 3.05) is 12.4 Å². The molecule has 0 saturated heterocycles. The van der Waals surface area contributed by atoms with Crippen LogP contribution in [0.4, 0.5) is 5.82 Å². The van der Waals surface area contributed by atoms with Gasteiger partial charge in [-0.1, -0.05) is 42.5 Å². The molecule has 0 aliphatic rings. The summed E-state index contributed by atoms with van der Waals surface area (Å²) in [5.41, 5.74) is 1.63. The molecule has 22 heavy (non-hydrogen) atoms. The molecule has 0 fully saturated rings. The highest BCUT2D eigenvalue weighted by molar-refractivity contribution is 5.91. The van der Waals surface area contributed by atoms with Crippen LogP contribution in [0.5, 0.6) is 0 Å². The summed E-state index contributed by atoms with van der Waals surface area (Å²) in [5, 5.41) is 4.02. The Morgan fingerprint density at radius 3 is 2.55 bits per heavy atom. The van der Waals surface area contributed by atoms with Crippen molar-refractivity contribution in [1.29, 1.82) is 0 Å². The van der Waals surface area contributed by atoms with E-state index in [1.165, 1.54) is 13.4 Å². The molecule has 0 saturated carbocycles. The molecule has 1 aromatic heterocycles. The number of benzene rings is 2. The van der Waals surface area contributed by atoms with E-state index >= 15 is 0 Å². The molecule has 0 aliphatic carbocycles. The predicted molar refractivity (Wildman–Crippen MR) is 84.4 cm³/mol. The molecule has 5 heteroatoms. The minimum atomic E-state index is -0.621. The number of hydrogen-bond donors (Lipinski definition) is 1. The number of para-hydroxylation sites is 1. The van der Waals surface area contributed by atoms with Gasteiger partial charge in [0.25, 0.3) is 0 Å². The van der Waals surface area contributed by atoms with Crippen LogP contribution in [0.1, 0.15) is 11.6 Å². The quantitative estimate of drug-likeness (QED) is 0.749. The lowest BCUT2D eigenvalue weighted by atomic mass is 10.1. The first-order valence-electron chi connectivity index (χ1n) is 6.88. The molecule has 1 N–H and O–H groups in total. The van der Waals surface area contributed by atoms with Gasteiger partial charge in [0.05, 0.1) is 12.6 Å². The van der Waals surface area contributed by atoms with Gasteiger partial charge in [-0.15, -0.1) is 0 Å². The molecule has 1 heterocycles. The molecule has 0 radical (unpaired) electrons. The van der Waals surface area contributed by atoms with Gasteiger partial charge in [-0.2, -0.15) is 0 Å². The fourth-order valence-corrected chi connectivity index (χ4v) is 2.30. The number of fused-ring (bicyclic) bond motifs is 1. The molecule has 0 amide bonds. The number of hydrogen-bond acceptors (Lipinski definition) is 5. The summed E-state index contributed by atoms with van der Waals surface area (Å²) in [6.45, 7) is 0. The summed E-state index contributed by atoms with van der Waals surface area (Å²) in [6.07, 6.45) is 1.48. The zero-order valence-corrected chi connectivity index (χ0v) is 12.1. The fourth-order valence-electron chi connectivity index (χ4n) is 2.30. The normalized spacial score (nSPS) is 11.9. The maximum absolute atomic E-state index is 12.1. The number of aromatic nitrogens is 2. The minimum Gasteiger partial charge on any atom is -0.467 e. The van der Waals surface area contributed by atoms with E-state index in [0.717, 1.165) is 16.5 Å². The van der Waals surface area contributed by atoms with Gasteiger partial charge in [0.15, 0.2) is 6.04 Å². The highest BCUT2D eigenvalue weighted by atomic mass is 16.5. The summed E-state index contributed by atoms with van der Waals surface area (Å²) in [7, 11) is 1.37. The van der Waals surface area contributed by atoms with E-state index in [1.807, 2.05) is 54.6 Å². The maximum Gasteiger partial charge on any atom is 0.333 e. The summed E-state index contributed by atoms with van der Waals surface area (Å²) in [4.78, 5) is 20.6. The highest BCUT2D eigenvalue weighted by Gasteiger charge is 2.22. The molecule has 3 rings (SSSR count). The molecule has 0 aliphatic heterocycles. The van der Waals surface area contributed by atoms with Gasteiger partial charge in [0.1, 0.15) is 12.1 Å². The third kappa shape index (κ3) is 2.74. The Bertz CT molecular complexity index is 785. The van der Waals surface area contributed by atoms with E-state index in [9.17, 15) is 4.79 Å². The van der Waals surface area contributed by atoms with Crippen molar-refractivity contribution < 1.29 is 9.53 Å². The number of anilines is 1. The van der Waals surface area contributed by atoms with Crippen molar-refractivity contribution in [1.82, 2.24) is 9.97 Å². The van der Waals surface area contributed by atoms with E-state index < -0.39 is 6.04 Å². The molecule has 1 atom stereocenters. The van der Waals surface area contributed by atoms with E-state index in [-0.39, 0.29) is 5.97 Å². The topological polar surface area (TPSA) is 64.1 Å². The van der Waals surface area contributed by atoms with Gasteiger partial charge >= 0.3 is 5.97 Å². The van der Waals surface area contributed by atoms with Crippen molar-refractivity contribution in [2.24, 2.45) is 0 Å². The number of ether oxygens (including phenoxy) is 1. The number of nitrogens with one attached hydrogen (secondary N) is 1. The van der Waals surface area contributed by atoms with E-state index in [1.54, 1.807) is 0 Å². The molecular formula is C17H15N3O2. The summed E-state index contributed by atoms with van der Waals surface area (Å²) in [6, 6.07) is 16.4. The van der Waals surface area contributed by atoms with E-state index in [2.05, 4.69) is 15.3 Å². The number of rotatable bonds is 4. The molecule has 0 bridgehead atoms. The van der Waals surface area contributed by atoms with Gasteiger partial charge in [0.2, 0.25) is 0 Å². The van der Waals surface area contributed by atoms with Crippen molar-refractivity contribution in [3.63, 3.8) is 0 Å². The van der Waals surface area contributed by atoms with Gasteiger partial charge in [-0.05, 0) is 17.7 Å². The SMILES string of the molecule is COC(=O)C(Nc1ncnc2ccccc12)c1ccccc1. The number of nitrogens with zero attached hydrogens (tertiary/aromatic N) is 2. The second-order valence-corrected chi connectivity index (χ2v) is 4.75. The number of carbonyl (C=O) groups is 1. The van der Waals surface area contributed by atoms with Crippen LogP contribution in [-0.2, 0) is 9.53 Å². The lowest BCUT2D eigenvalue weighted by molar-refractivity contribution is -0.141. The fraction of sp³-hybridized carbons (Fsp3) is 0.118. The molecular weight excluding hydrogens is 278 g/mol. The Labute approximate surface area is 128 Å². The molecule has 5 nitrogen and oxygen atoms in total. The van der Waals surface area contributed by atoms with Gasteiger partial charge in [0, 0.05) is 5.39 Å². The van der Waals surface area contributed by atoms with Gasteiger partial charge in [-0.3, -0.25) is 0 Å². The third-order valence-corrected chi connectivity index (χ3v) is 3.39. The van der Waals surface area contributed by atoms with Gasteiger partial charge in [-0.25, -0.2) is 14.8 Å². The first-order chi connectivity index (χ1) is 10.8. The van der Waals surface area contributed by atoms with E-state index in [4.69, 9.17) is 4.74 Å². The molecule has 0 spiro atoms. The molecule has 3 aromatic rings. The zero-order valence-electron chi connectivity index (χ0n) is 12.1. The zero-order chi connectivity index (χ0) is 15.4. The lowest BCUT2D eigenvalue weighted by Gasteiger charge is -2.18. The van der Waals surface area contributed by atoms with Crippen LogP contribution in [0.25, 0.3) is 10.9 Å². The average Bonchev–Trinajstić information content (AvgIpc) is 2.60. The van der Waals surface area contributed by atoms with Crippen molar-refractivity contribution in [3.05, 3.63) is 66.5 Å². The maximum atomic E-state index is 12.1. The number of carbonyl (C=O) groups excluding carboxylic acids is 1. The second kappa shape index (κ2) is 6.22. The van der Waals surface area contributed by atoms with E-state index in [0.29, 0.717) is 5.82 Å². The first kappa shape index (κ1) is 14.0. The van der Waals surface area contributed by atoms with Crippen LogP contribution in [0.15, 0.2) is 60.9 Å². The minimum absolute atomic E-state index is 0.367. The van der Waals surface area contributed by atoms with Gasteiger partial charge < -0.3 is 10.1 Å². The van der Waals surface area contributed by atoms with Crippen LogP contribution in [0.3, 0.4) is 0 Å². The molecule has 110 valence electrons. The Hall–Kier alpha value is -2.95.